The summed E-state index contributed by atoms with van der Waals surface area (Å²) in [5, 5.41) is 9.23. The largest absolute Gasteiger partial charge is 0.342 e. The molecule has 1 saturated heterocycles. The van der Waals surface area contributed by atoms with Gasteiger partial charge >= 0.3 is 0 Å². The number of thioether (sulfide) groups is 1. The van der Waals surface area contributed by atoms with Crippen molar-refractivity contribution in [1.82, 2.24) is 4.90 Å². The fourth-order valence-corrected chi connectivity index (χ4v) is 3.04. The van der Waals surface area contributed by atoms with E-state index in [0.717, 1.165) is 18.4 Å². The van der Waals surface area contributed by atoms with Crippen LogP contribution >= 0.6 is 11.8 Å². The van der Waals surface area contributed by atoms with Crippen LogP contribution in [0.1, 0.15) is 18.4 Å². The average Bonchev–Trinajstić information content (AvgIpc) is 2.48. The lowest BCUT2D eigenvalue weighted by Crippen LogP contribution is -2.44. The van der Waals surface area contributed by atoms with Gasteiger partial charge in [-0.3, -0.25) is 4.79 Å². The van der Waals surface area contributed by atoms with Gasteiger partial charge in [0.05, 0.1) is 12.5 Å². The fraction of sp³-hybridized carbons (Fsp3) is 0.467. The van der Waals surface area contributed by atoms with Crippen LogP contribution in [0.3, 0.4) is 0 Å². The van der Waals surface area contributed by atoms with Gasteiger partial charge in [0.2, 0.25) is 5.91 Å². The van der Waals surface area contributed by atoms with Gasteiger partial charge in [-0.15, -0.1) is 11.8 Å². The Morgan fingerprint density at radius 2 is 2.00 bits per heavy atom. The number of nitriles is 1. The van der Waals surface area contributed by atoms with E-state index in [1.807, 2.05) is 41.5 Å². The lowest BCUT2D eigenvalue weighted by molar-refractivity contribution is -0.131. The van der Waals surface area contributed by atoms with E-state index in [2.05, 4.69) is 6.07 Å². The van der Waals surface area contributed by atoms with Gasteiger partial charge in [-0.25, -0.2) is 0 Å². The quantitative estimate of drug-likeness (QED) is 0.850. The molecule has 1 aliphatic rings. The smallest absolute Gasteiger partial charge is 0.226 e. The van der Waals surface area contributed by atoms with Crippen molar-refractivity contribution in [2.24, 2.45) is 0 Å². The number of amides is 1. The summed E-state index contributed by atoms with van der Waals surface area (Å²) in [7, 11) is 0. The maximum absolute atomic E-state index is 12.2. The number of carbonyl (C=O) groups excluding carboxylic acids is 1. The molecule has 0 bridgehead atoms. The minimum atomic E-state index is -0.288. The maximum Gasteiger partial charge on any atom is 0.226 e. The number of hydrogen-bond donors (Lipinski definition) is 0. The van der Waals surface area contributed by atoms with Crippen molar-refractivity contribution >= 4 is 17.7 Å². The van der Waals surface area contributed by atoms with Crippen LogP contribution in [0.25, 0.3) is 0 Å². The van der Waals surface area contributed by atoms with E-state index >= 15 is 0 Å². The first-order valence-corrected chi connectivity index (χ1v) is 7.70. The maximum atomic E-state index is 12.2. The fourth-order valence-electron chi connectivity index (χ4n) is 2.36. The molecule has 1 aromatic carbocycles. The van der Waals surface area contributed by atoms with Crippen LogP contribution in [0.2, 0.25) is 0 Å². The lowest BCUT2D eigenvalue weighted by atomic mass is 9.97. The van der Waals surface area contributed by atoms with Gasteiger partial charge in [-0.1, -0.05) is 30.3 Å². The van der Waals surface area contributed by atoms with E-state index in [4.69, 9.17) is 0 Å². The third kappa shape index (κ3) is 3.30. The molecule has 1 aromatic rings. The van der Waals surface area contributed by atoms with E-state index in [1.165, 1.54) is 0 Å². The molecule has 4 heteroatoms. The van der Waals surface area contributed by atoms with E-state index in [0.29, 0.717) is 19.5 Å². The second-order valence-corrected chi connectivity index (χ2v) is 6.04. The highest BCUT2D eigenvalue weighted by Gasteiger charge is 2.35. The highest BCUT2D eigenvalue weighted by atomic mass is 32.2. The first-order valence-electron chi connectivity index (χ1n) is 6.47. The van der Waals surface area contributed by atoms with Crippen molar-refractivity contribution in [2.75, 3.05) is 19.3 Å². The van der Waals surface area contributed by atoms with Gasteiger partial charge in [0.25, 0.3) is 0 Å². The van der Waals surface area contributed by atoms with Crippen molar-refractivity contribution in [3.8, 4) is 6.07 Å². The summed E-state index contributed by atoms with van der Waals surface area (Å²) in [4.78, 5) is 14.1. The molecule has 3 nitrogen and oxygen atoms in total. The highest BCUT2D eigenvalue weighted by Crippen LogP contribution is 2.33. The molecule has 0 spiro atoms. The summed E-state index contributed by atoms with van der Waals surface area (Å²) in [5.41, 5.74) is 1.05. The molecular formula is C15H18N2OS. The topological polar surface area (TPSA) is 44.1 Å². The monoisotopic (exact) mass is 274 g/mol. The Morgan fingerprint density at radius 1 is 1.37 bits per heavy atom. The standard InChI is InChI=1S/C15H18N2OS/c1-19-15(12-16)7-9-17(10-8-15)14(18)11-13-5-3-2-4-6-13/h2-6H,7-11H2,1H3. The summed E-state index contributed by atoms with van der Waals surface area (Å²) in [5.74, 6) is 0.166. The lowest BCUT2D eigenvalue weighted by Gasteiger charge is -2.36. The van der Waals surface area contributed by atoms with Crippen molar-refractivity contribution in [3.05, 3.63) is 35.9 Å². The van der Waals surface area contributed by atoms with E-state index < -0.39 is 0 Å². The predicted molar refractivity (Wildman–Crippen MR) is 77.8 cm³/mol. The molecule has 0 saturated carbocycles. The molecule has 0 N–H and O–H groups in total. The number of piperidine rings is 1. The predicted octanol–water partition coefficient (Wildman–Crippen LogP) is 2.48. The minimum absolute atomic E-state index is 0.166. The second kappa shape index (κ2) is 6.12. The molecule has 2 rings (SSSR count). The Morgan fingerprint density at radius 3 is 2.53 bits per heavy atom. The molecule has 100 valence electrons. The molecule has 1 aliphatic heterocycles. The first kappa shape index (κ1) is 14.0. The van der Waals surface area contributed by atoms with Crippen LogP contribution in [0.5, 0.6) is 0 Å². The highest BCUT2D eigenvalue weighted by molar-refractivity contribution is 8.00. The Hall–Kier alpha value is -1.47. The molecular weight excluding hydrogens is 256 g/mol. The number of benzene rings is 1. The SMILES string of the molecule is CSC1(C#N)CCN(C(=O)Cc2ccccc2)CC1. The molecule has 0 radical (unpaired) electrons. The zero-order valence-corrected chi connectivity index (χ0v) is 11.9. The third-order valence-corrected chi connectivity index (χ3v) is 5.00. The number of likely N-dealkylation sites (tertiary alicyclic amines) is 1. The van der Waals surface area contributed by atoms with Gasteiger partial charge in [0, 0.05) is 13.1 Å². The zero-order valence-electron chi connectivity index (χ0n) is 11.1. The van der Waals surface area contributed by atoms with Crippen molar-refractivity contribution in [3.63, 3.8) is 0 Å². The summed E-state index contributed by atoms with van der Waals surface area (Å²) in [6, 6.07) is 12.2. The molecule has 1 amide bonds. The Labute approximate surface area is 118 Å². The van der Waals surface area contributed by atoms with Crippen LogP contribution in [0.4, 0.5) is 0 Å². The minimum Gasteiger partial charge on any atom is -0.342 e. The Bertz CT molecular complexity index is 473. The van der Waals surface area contributed by atoms with Gasteiger partial charge in [-0.05, 0) is 24.7 Å². The Balaban J connectivity index is 1.92. The summed E-state index contributed by atoms with van der Waals surface area (Å²) >= 11 is 1.61. The van der Waals surface area contributed by atoms with Crippen molar-refractivity contribution in [1.29, 1.82) is 5.26 Å². The molecule has 0 aromatic heterocycles. The Kier molecular flexibility index (Phi) is 4.49. The normalized spacial score (nSPS) is 17.8. The molecule has 0 atom stereocenters. The van der Waals surface area contributed by atoms with Crippen LogP contribution in [0.15, 0.2) is 30.3 Å². The molecule has 0 aliphatic carbocycles. The zero-order chi connectivity index (χ0) is 13.7. The van der Waals surface area contributed by atoms with Crippen molar-refractivity contribution in [2.45, 2.75) is 24.0 Å². The molecule has 1 heterocycles. The number of rotatable bonds is 3. The van der Waals surface area contributed by atoms with Crippen LogP contribution < -0.4 is 0 Å². The van der Waals surface area contributed by atoms with Crippen molar-refractivity contribution < 1.29 is 4.79 Å². The van der Waals surface area contributed by atoms with E-state index in [9.17, 15) is 10.1 Å². The van der Waals surface area contributed by atoms with Crippen LogP contribution in [-0.4, -0.2) is 34.9 Å². The number of carbonyl (C=O) groups is 1. The van der Waals surface area contributed by atoms with E-state index in [-0.39, 0.29) is 10.7 Å². The van der Waals surface area contributed by atoms with Crippen LogP contribution in [0, 0.1) is 11.3 Å². The van der Waals surface area contributed by atoms with Gasteiger partial charge < -0.3 is 4.90 Å². The molecule has 19 heavy (non-hydrogen) atoms. The molecule has 0 unspecified atom stereocenters. The number of nitrogens with zero attached hydrogens (tertiary/aromatic N) is 2. The number of hydrogen-bond acceptors (Lipinski definition) is 3. The summed E-state index contributed by atoms with van der Waals surface area (Å²) in [6.45, 7) is 1.39. The second-order valence-electron chi connectivity index (χ2n) is 4.85. The molecule has 1 fully saturated rings. The van der Waals surface area contributed by atoms with E-state index in [1.54, 1.807) is 11.8 Å². The first-order chi connectivity index (χ1) is 9.19. The third-order valence-electron chi connectivity index (χ3n) is 3.72. The summed E-state index contributed by atoms with van der Waals surface area (Å²) < 4.78 is -0.288. The van der Waals surface area contributed by atoms with Gasteiger partial charge in [0.1, 0.15) is 4.75 Å². The van der Waals surface area contributed by atoms with Crippen LogP contribution in [-0.2, 0) is 11.2 Å². The summed E-state index contributed by atoms with van der Waals surface area (Å²) in [6.07, 6.45) is 3.97. The van der Waals surface area contributed by atoms with Gasteiger partial charge in [0.15, 0.2) is 0 Å². The average molecular weight is 274 g/mol. The van der Waals surface area contributed by atoms with Gasteiger partial charge in [-0.2, -0.15) is 5.26 Å².